The van der Waals surface area contributed by atoms with E-state index in [0.717, 1.165) is 35.8 Å². The van der Waals surface area contributed by atoms with E-state index in [-0.39, 0.29) is 43.1 Å². The highest BCUT2D eigenvalue weighted by Gasteiger charge is 2.58. The van der Waals surface area contributed by atoms with Crippen LogP contribution in [0.4, 0.5) is 0 Å². The van der Waals surface area contributed by atoms with E-state index in [2.05, 4.69) is 9.71 Å². The van der Waals surface area contributed by atoms with Gasteiger partial charge in [0.15, 0.2) is 0 Å². The number of thiophene rings is 1. The van der Waals surface area contributed by atoms with Crippen LogP contribution in [-0.4, -0.2) is 58.6 Å². The molecule has 260 valence electrons. The highest BCUT2D eigenvalue weighted by atomic mass is 32.2. The zero-order valence-corrected chi connectivity index (χ0v) is 29.1. The molecule has 1 aromatic carbocycles. The van der Waals surface area contributed by atoms with Crippen LogP contribution in [0.2, 0.25) is 0 Å². The van der Waals surface area contributed by atoms with Crippen molar-refractivity contribution in [3.63, 3.8) is 0 Å². The van der Waals surface area contributed by atoms with Crippen molar-refractivity contribution in [2.75, 3.05) is 7.11 Å². The van der Waals surface area contributed by atoms with Gasteiger partial charge >= 0.3 is 5.69 Å². The van der Waals surface area contributed by atoms with Gasteiger partial charge < -0.3 is 18.6 Å². The number of benzene rings is 1. The molecule has 15 heteroatoms. The number of aromatic nitrogens is 3. The van der Waals surface area contributed by atoms with Gasteiger partial charge in [0, 0.05) is 5.56 Å². The van der Waals surface area contributed by atoms with Crippen molar-refractivity contribution < 1.29 is 31.8 Å². The van der Waals surface area contributed by atoms with E-state index in [0.29, 0.717) is 39.8 Å². The lowest BCUT2D eigenvalue weighted by Gasteiger charge is -2.32. The van der Waals surface area contributed by atoms with E-state index in [4.69, 9.17) is 18.6 Å². The highest BCUT2D eigenvalue weighted by molar-refractivity contribution is 7.91. The number of nitrogens with zero attached hydrogens (tertiary/aromatic N) is 3. The number of nitrogens with one attached hydrogen (secondary N) is 1. The van der Waals surface area contributed by atoms with Crippen molar-refractivity contribution in [1.29, 1.82) is 0 Å². The molecule has 49 heavy (non-hydrogen) atoms. The lowest BCUT2D eigenvalue weighted by Crippen LogP contribution is -2.53. The summed E-state index contributed by atoms with van der Waals surface area (Å²) < 4.78 is 54.1. The molecule has 2 bridgehead atoms. The predicted octanol–water partition coefficient (Wildman–Crippen LogP) is 4.15. The summed E-state index contributed by atoms with van der Waals surface area (Å²) in [4.78, 5) is 48.3. The lowest BCUT2D eigenvalue weighted by molar-refractivity contribution is -0.124. The lowest BCUT2D eigenvalue weighted by atomic mass is 10.0. The van der Waals surface area contributed by atoms with Gasteiger partial charge in [-0.1, -0.05) is 18.2 Å². The van der Waals surface area contributed by atoms with Gasteiger partial charge in [0.2, 0.25) is 15.9 Å². The predicted molar refractivity (Wildman–Crippen MR) is 180 cm³/mol. The molecule has 5 heterocycles. The fraction of sp³-hybridized carbons (Fsp3) is 0.529. The van der Waals surface area contributed by atoms with Gasteiger partial charge in [-0.05, 0) is 76.8 Å². The molecule has 4 fully saturated rings. The van der Waals surface area contributed by atoms with Crippen molar-refractivity contribution in [1.82, 2.24) is 18.8 Å². The Kier molecular flexibility index (Phi) is 7.70. The maximum atomic E-state index is 14.8. The fourth-order valence-electron chi connectivity index (χ4n) is 7.35. The number of sulfonamides is 1. The zero-order chi connectivity index (χ0) is 34.3. The Morgan fingerprint density at radius 3 is 2.49 bits per heavy atom. The van der Waals surface area contributed by atoms with E-state index >= 15 is 0 Å². The average Bonchev–Trinajstić information content (AvgIpc) is 3.88. The fourth-order valence-corrected chi connectivity index (χ4v) is 9.91. The second-order valence-corrected chi connectivity index (χ2v) is 17.1. The number of hydrogen-bond acceptors (Lipinski definition) is 11. The monoisotopic (exact) mass is 710 g/mol. The molecule has 2 saturated carbocycles. The summed E-state index contributed by atoms with van der Waals surface area (Å²) in [6.07, 6.45) is 6.87. The first kappa shape index (κ1) is 32.4. The van der Waals surface area contributed by atoms with Crippen molar-refractivity contribution in [3.8, 4) is 16.5 Å². The number of methoxy groups -OCH3 is 1. The van der Waals surface area contributed by atoms with Gasteiger partial charge in [-0.2, -0.15) is 0 Å². The number of para-hydroxylation sites is 1. The van der Waals surface area contributed by atoms with E-state index in [1.165, 1.54) is 28.4 Å². The van der Waals surface area contributed by atoms with Crippen molar-refractivity contribution in [2.24, 2.45) is 0 Å². The largest absolute Gasteiger partial charge is 0.496 e. The number of ether oxygens (including phenoxy) is 3. The van der Waals surface area contributed by atoms with Crippen LogP contribution in [0.3, 0.4) is 0 Å². The number of amides is 1. The molecule has 4 aromatic rings. The summed E-state index contributed by atoms with van der Waals surface area (Å²) in [5.41, 5.74) is -1.77. The third-order valence-electron chi connectivity index (χ3n) is 10.7. The molecule has 8 rings (SSSR count). The molecule has 13 nitrogen and oxygen atoms in total. The molecule has 1 amide bonds. The molecule has 0 spiro atoms. The molecule has 2 aliphatic heterocycles. The number of aryl methyl sites for hydroxylation is 1. The smallest absolute Gasteiger partial charge is 0.333 e. The van der Waals surface area contributed by atoms with Gasteiger partial charge in [-0.3, -0.25) is 18.9 Å². The van der Waals surface area contributed by atoms with Gasteiger partial charge in [0.25, 0.3) is 11.5 Å². The second kappa shape index (κ2) is 11.6. The van der Waals surface area contributed by atoms with E-state index in [1.807, 2.05) is 24.3 Å². The first-order valence-corrected chi connectivity index (χ1v) is 18.9. The van der Waals surface area contributed by atoms with Crippen LogP contribution in [0, 0.1) is 6.92 Å². The third-order valence-corrected chi connectivity index (χ3v) is 14.1. The molecule has 4 aliphatic rings. The summed E-state index contributed by atoms with van der Waals surface area (Å²) in [7, 11) is -2.44. The summed E-state index contributed by atoms with van der Waals surface area (Å²) in [6.45, 7) is 3.32. The second-order valence-electron chi connectivity index (χ2n) is 13.9. The first-order valence-electron chi connectivity index (χ1n) is 16.6. The van der Waals surface area contributed by atoms with Crippen molar-refractivity contribution in [2.45, 2.75) is 106 Å². The number of rotatable bonds is 11. The minimum atomic E-state index is -4.02. The molecule has 3 aromatic heterocycles. The number of fused-ring (bicyclic) bond motifs is 3. The first-order chi connectivity index (χ1) is 23.4. The van der Waals surface area contributed by atoms with Crippen molar-refractivity contribution in [3.05, 3.63) is 68.7 Å². The summed E-state index contributed by atoms with van der Waals surface area (Å²) in [5, 5.41) is 0.233. The molecule has 4 atom stereocenters. The van der Waals surface area contributed by atoms with Crippen LogP contribution in [-0.2, 0) is 36.4 Å². The molecular weight excluding hydrogens is 673 g/mol. The Morgan fingerprint density at radius 1 is 1.14 bits per heavy atom. The van der Waals surface area contributed by atoms with Crippen LogP contribution in [0.15, 0.2) is 50.7 Å². The molecule has 2 aliphatic carbocycles. The van der Waals surface area contributed by atoms with Crippen LogP contribution in [0.1, 0.15) is 75.5 Å². The summed E-state index contributed by atoms with van der Waals surface area (Å²) >= 11 is 1.20. The maximum absolute atomic E-state index is 14.8. The Bertz CT molecular complexity index is 2170. The summed E-state index contributed by atoms with van der Waals surface area (Å²) in [6, 6.07) is 7.46. The van der Waals surface area contributed by atoms with Gasteiger partial charge in [0.05, 0.1) is 53.2 Å². The van der Waals surface area contributed by atoms with Crippen LogP contribution in [0.5, 0.6) is 5.75 Å². The van der Waals surface area contributed by atoms with Crippen molar-refractivity contribution >= 4 is 37.5 Å². The number of carbonyl (C=O) groups is 1. The quantitative estimate of drug-likeness (QED) is 0.240. The minimum absolute atomic E-state index is 0.0122. The molecule has 2 saturated heterocycles. The van der Waals surface area contributed by atoms with Gasteiger partial charge in [-0.25, -0.2) is 22.8 Å². The number of oxazole rings is 1. The van der Waals surface area contributed by atoms with Crippen LogP contribution in [0.25, 0.3) is 21.0 Å². The zero-order valence-electron chi connectivity index (χ0n) is 27.5. The normalized spacial score (nSPS) is 24.1. The Labute approximate surface area is 286 Å². The van der Waals surface area contributed by atoms with E-state index in [1.54, 1.807) is 21.0 Å². The standard InChI is InChI=1S/C34H38N4O9S2/c1-19-26-29(39)38(34(12-13-34)31(40)36-49(42,43)33(2)10-11-33)32(41)37(30(26)48-27(19)28-35-14-15-45-28)18-25(23-6-4-5-7-24(23)44-3)47-22-16-20-8-9-21(17-22)46-20/h4-7,14-15,20-22,25H,8-13,16-18H2,1-3H3,(H,36,40)/t20-,21+,22?,25-/m0/s1. The highest BCUT2D eigenvalue weighted by Crippen LogP contribution is 2.46. The Morgan fingerprint density at radius 2 is 1.86 bits per heavy atom. The van der Waals surface area contributed by atoms with E-state index in [9.17, 15) is 22.8 Å². The number of hydrogen-bond donors (Lipinski definition) is 1. The third kappa shape index (κ3) is 5.36. The Balaban J connectivity index is 1.28. The van der Waals surface area contributed by atoms with Crippen LogP contribution >= 0.6 is 11.3 Å². The minimum Gasteiger partial charge on any atom is -0.496 e. The van der Waals surface area contributed by atoms with Gasteiger partial charge in [0.1, 0.15) is 28.5 Å². The topological polar surface area (TPSA) is 161 Å². The Hall–Kier alpha value is -3.79. The maximum Gasteiger partial charge on any atom is 0.333 e. The SMILES string of the molecule is COc1ccccc1[C@H](Cn1c(=O)n(C2(C(=O)NS(=O)(=O)C3(C)CC3)CC2)c(=O)c2c(C)c(-c3ncco3)sc21)OC1C[C@H]2CC[C@@H](C1)O2. The summed E-state index contributed by atoms with van der Waals surface area (Å²) in [5.74, 6) is 0.00282. The molecule has 1 unspecified atom stereocenters. The van der Waals surface area contributed by atoms with Crippen LogP contribution < -0.4 is 20.7 Å². The molecular formula is C34H38N4O9S2. The molecule has 0 radical (unpaired) electrons. The van der Waals surface area contributed by atoms with E-state index < -0.39 is 43.6 Å². The number of carbonyl (C=O) groups excluding carboxylic acids is 1. The molecule has 1 N–H and O–H groups in total. The van der Waals surface area contributed by atoms with Gasteiger partial charge in [-0.15, -0.1) is 11.3 Å². The average molecular weight is 711 g/mol.